The van der Waals surface area contributed by atoms with Gasteiger partial charge in [0.15, 0.2) is 0 Å². The van der Waals surface area contributed by atoms with Crippen LogP contribution in [0.1, 0.15) is 42.6 Å². The molecule has 2 aromatic heterocycles. The summed E-state index contributed by atoms with van der Waals surface area (Å²) in [7, 11) is 2.27. The highest BCUT2D eigenvalue weighted by atomic mass is 16.3. The molecule has 4 heteroatoms. The molecule has 2 aliphatic rings. The van der Waals surface area contributed by atoms with Crippen LogP contribution in [0.4, 0.5) is 0 Å². The molecule has 5 rings (SSSR count). The van der Waals surface area contributed by atoms with Gasteiger partial charge in [0.1, 0.15) is 5.60 Å². The maximum Gasteiger partial charge on any atom is 0.105 e. The van der Waals surface area contributed by atoms with Gasteiger partial charge in [-0.25, -0.2) is 0 Å². The first-order valence-corrected chi connectivity index (χ1v) is 9.51. The van der Waals surface area contributed by atoms with Gasteiger partial charge in [-0.3, -0.25) is 9.88 Å². The van der Waals surface area contributed by atoms with Crippen LogP contribution in [0.3, 0.4) is 0 Å². The summed E-state index contributed by atoms with van der Waals surface area (Å²) < 4.78 is 2.38. The molecule has 3 aromatic rings. The Morgan fingerprint density at radius 3 is 2.73 bits per heavy atom. The fraction of sp³-hybridized carbons (Fsp3) is 0.409. The van der Waals surface area contributed by atoms with Gasteiger partial charge in [-0.05, 0) is 56.1 Å². The van der Waals surface area contributed by atoms with Crippen LogP contribution in [0.15, 0.2) is 48.8 Å². The Balaban J connectivity index is 1.67. The van der Waals surface area contributed by atoms with Gasteiger partial charge < -0.3 is 9.67 Å². The Morgan fingerprint density at radius 1 is 1.15 bits per heavy atom. The van der Waals surface area contributed by atoms with Crippen molar-refractivity contribution in [3.63, 3.8) is 0 Å². The van der Waals surface area contributed by atoms with Crippen LogP contribution < -0.4 is 0 Å². The first kappa shape index (κ1) is 16.0. The number of aliphatic hydroxyl groups is 1. The molecular weight excluding hydrogens is 322 g/mol. The average Bonchev–Trinajstić information content (AvgIpc) is 3.07. The van der Waals surface area contributed by atoms with Crippen LogP contribution >= 0.6 is 0 Å². The third-order valence-electron chi connectivity index (χ3n) is 6.49. The van der Waals surface area contributed by atoms with Gasteiger partial charge >= 0.3 is 0 Å². The van der Waals surface area contributed by atoms with Crippen LogP contribution in [0, 0.1) is 0 Å². The van der Waals surface area contributed by atoms with Crippen molar-refractivity contribution >= 4 is 10.9 Å². The molecule has 0 saturated carbocycles. The first-order chi connectivity index (χ1) is 12.6. The number of pyridine rings is 1. The Bertz CT molecular complexity index is 960. The minimum absolute atomic E-state index is 0.515. The molecule has 0 spiro atoms. The fourth-order valence-electron chi connectivity index (χ4n) is 5.09. The van der Waals surface area contributed by atoms with E-state index in [1.54, 1.807) is 12.4 Å². The van der Waals surface area contributed by atoms with Crippen molar-refractivity contribution < 1.29 is 5.11 Å². The lowest BCUT2D eigenvalue weighted by Crippen LogP contribution is -2.36. The normalized spacial score (nSPS) is 24.6. The van der Waals surface area contributed by atoms with Crippen LogP contribution in [0.25, 0.3) is 10.9 Å². The van der Waals surface area contributed by atoms with Crippen molar-refractivity contribution in [2.75, 3.05) is 7.05 Å². The van der Waals surface area contributed by atoms with Crippen molar-refractivity contribution in [3.8, 4) is 0 Å². The smallest absolute Gasteiger partial charge is 0.105 e. The highest BCUT2D eigenvalue weighted by Gasteiger charge is 2.41. The van der Waals surface area contributed by atoms with E-state index >= 15 is 0 Å². The van der Waals surface area contributed by atoms with E-state index in [1.807, 2.05) is 19.1 Å². The minimum atomic E-state index is -0.930. The Labute approximate surface area is 154 Å². The number of benzene rings is 1. The molecule has 1 N–H and O–H groups in total. The highest BCUT2D eigenvalue weighted by molar-refractivity contribution is 5.86. The molecule has 2 aliphatic heterocycles. The van der Waals surface area contributed by atoms with Crippen molar-refractivity contribution in [3.05, 3.63) is 65.6 Å². The van der Waals surface area contributed by atoms with Gasteiger partial charge in [0.25, 0.3) is 0 Å². The standard InChI is InChI=1S/C22H25N3O/c1-22(26,15-9-11-23-12-10-15)14-25-18-6-4-3-5-17(18)21-19-8-7-16(24(19)2)13-20(21)25/h3-6,9-12,16,19,26H,7-8,13-14H2,1-2H3. The van der Waals surface area contributed by atoms with Gasteiger partial charge in [-0.1, -0.05) is 18.2 Å². The second-order valence-corrected chi connectivity index (χ2v) is 8.09. The zero-order valence-electron chi connectivity index (χ0n) is 15.4. The monoisotopic (exact) mass is 347 g/mol. The molecule has 2 bridgehead atoms. The number of para-hydroxylation sites is 1. The summed E-state index contributed by atoms with van der Waals surface area (Å²) in [4.78, 5) is 6.64. The molecule has 0 radical (unpaired) electrons. The van der Waals surface area contributed by atoms with E-state index in [0.29, 0.717) is 18.6 Å². The molecule has 3 atom stereocenters. The number of nitrogens with zero attached hydrogens (tertiary/aromatic N) is 3. The minimum Gasteiger partial charge on any atom is -0.384 e. The summed E-state index contributed by atoms with van der Waals surface area (Å²) >= 11 is 0. The molecule has 0 amide bonds. The molecule has 4 nitrogen and oxygen atoms in total. The summed E-state index contributed by atoms with van der Waals surface area (Å²) in [6, 6.07) is 13.7. The molecule has 26 heavy (non-hydrogen) atoms. The highest BCUT2D eigenvalue weighted by Crippen LogP contribution is 2.47. The fourth-order valence-corrected chi connectivity index (χ4v) is 5.09. The molecule has 3 unspecified atom stereocenters. The summed E-state index contributed by atoms with van der Waals surface area (Å²) in [5, 5.41) is 12.6. The molecule has 1 saturated heterocycles. The largest absolute Gasteiger partial charge is 0.384 e. The van der Waals surface area contributed by atoms with Crippen molar-refractivity contribution in [2.24, 2.45) is 0 Å². The summed E-state index contributed by atoms with van der Waals surface area (Å²) in [6.45, 7) is 2.48. The van der Waals surface area contributed by atoms with E-state index in [1.165, 1.54) is 35.0 Å². The quantitative estimate of drug-likeness (QED) is 0.786. The topological polar surface area (TPSA) is 41.3 Å². The Morgan fingerprint density at radius 2 is 1.92 bits per heavy atom. The van der Waals surface area contributed by atoms with Gasteiger partial charge in [0.05, 0.1) is 6.54 Å². The second kappa shape index (κ2) is 5.66. The van der Waals surface area contributed by atoms with Crippen LogP contribution in [-0.4, -0.2) is 32.6 Å². The average molecular weight is 347 g/mol. The first-order valence-electron chi connectivity index (χ1n) is 9.51. The summed E-state index contributed by atoms with van der Waals surface area (Å²) in [5.74, 6) is 0. The van der Waals surface area contributed by atoms with E-state index in [-0.39, 0.29) is 0 Å². The number of likely N-dealkylation sites (N-methyl/N-ethyl adjacent to an activating group) is 1. The van der Waals surface area contributed by atoms with Crippen LogP contribution in [-0.2, 0) is 18.6 Å². The number of fused-ring (bicyclic) bond motifs is 6. The van der Waals surface area contributed by atoms with E-state index in [4.69, 9.17) is 0 Å². The maximum atomic E-state index is 11.3. The van der Waals surface area contributed by atoms with Crippen LogP contribution in [0.5, 0.6) is 0 Å². The maximum absolute atomic E-state index is 11.3. The molecule has 0 aliphatic carbocycles. The zero-order valence-corrected chi connectivity index (χ0v) is 15.4. The van der Waals surface area contributed by atoms with E-state index in [9.17, 15) is 5.11 Å². The third-order valence-corrected chi connectivity index (χ3v) is 6.49. The predicted octanol–water partition coefficient (Wildman–Crippen LogP) is 3.64. The van der Waals surface area contributed by atoms with Gasteiger partial charge in [-0.15, -0.1) is 0 Å². The van der Waals surface area contributed by atoms with E-state index in [0.717, 1.165) is 12.0 Å². The SMILES string of the molecule is CN1C2CCC1c1c(n(CC(C)(O)c3ccncc3)c3ccccc13)C2. The van der Waals surface area contributed by atoms with Crippen molar-refractivity contribution in [1.82, 2.24) is 14.5 Å². The van der Waals surface area contributed by atoms with Crippen molar-refractivity contribution in [2.45, 2.75) is 50.4 Å². The van der Waals surface area contributed by atoms with Gasteiger partial charge in [0.2, 0.25) is 0 Å². The molecule has 1 aromatic carbocycles. The van der Waals surface area contributed by atoms with Gasteiger partial charge in [0, 0.05) is 47.5 Å². The molecule has 134 valence electrons. The molecule has 1 fully saturated rings. The van der Waals surface area contributed by atoms with Crippen molar-refractivity contribution in [1.29, 1.82) is 0 Å². The number of aromatic nitrogens is 2. The van der Waals surface area contributed by atoms with E-state index < -0.39 is 5.60 Å². The summed E-state index contributed by atoms with van der Waals surface area (Å²) in [5.41, 5.74) is 4.14. The van der Waals surface area contributed by atoms with Gasteiger partial charge in [-0.2, -0.15) is 0 Å². The van der Waals surface area contributed by atoms with Crippen LogP contribution in [0.2, 0.25) is 0 Å². The number of hydrogen-bond acceptors (Lipinski definition) is 3. The third kappa shape index (κ3) is 2.25. The predicted molar refractivity (Wildman–Crippen MR) is 103 cm³/mol. The Kier molecular flexibility index (Phi) is 3.49. The number of hydrogen-bond donors (Lipinski definition) is 1. The molecular formula is C22H25N3O. The summed E-state index contributed by atoms with van der Waals surface area (Å²) in [6.07, 6.45) is 7.09. The zero-order chi connectivity index (χ0) is 17.9. The lowest BCUT2D eigenvalue weighted by atomic mass is 9.95. The Hall–Kier alpha value is -2.17. The second-order valence-electron chi connectivity index (χ2n) is 8.09. The number of rotatable bonds is 3. The molecule has 4 heterocycles. The van der Waals surface area contributed by atoms with E-state index in [2.05, 4.69) is 45.8 Å². The lowest BCUT2D eigenvalue weighted by molar-refractivity contribution is 0.0381. The lowest BCUT2D eigenvalue weighted by Gasteiger charge is -2.33.